The van der Waals surface area contributed by atoms with Crippen molar-refractivity contribution in [2.75, 3.05) is 18.4 Å². The second-order valence-electron chi connectivity index (χ2n) is 9.29. The molecule has 10 heteroatoms. The smallest absolute Gasteiger partial charge is 0.254 e. The van der Waals surface area contributed by atoms with Gasteiger partial charge < -0.3 is 15.1 Å². The summed E-state index contributed by atoms with van der Waals surface area (Å²) in [6.07, 6.45) is 4.01. The molecule has 0 aliphatic carbocycles. The molecule has 2 aromatic carbocycles. The van der Waals surface area contributed by atoms with Crippen LogP contribution < -0.4 is 5.32 Å². The number of aryl methyl sites for hydroxylation is 1. The summed E-state index contributed by atoms with van der Waals surface area (Å²) in [5.74, 6) is 0.159. The van der Waals surface area contributed by atoms with Crippen LogP contribution in [0, 0.1) is 6.92 Å². The van der Waals surface area contributed by atoms with Gasteiger partial charge >= 0.3 is 0 Å². The van der Waals surface area contributed by atoms with Crippen molar-refractivity contribution in [3.8, 4) is 11.3 Å². The molecule has 2 aliphatic heterocycles. The number of aromatic nitrogens is 4. The van der Waals surface area contributed by atoms with E-state index in [1.807, 2.05) is 36.1 Å². The van der Waals surface area contributed by atoms with Gasteiger partial charge in [0.2, 0.25) is 11.9 Å². The molecule has 0 saturated carbocycles. The lowest BCUT2D eigenvalue weighted by molar-refractivity contribution is -0.132. The van der Waals surface area contributed by atoms with Crippen molar-refractivity contribution in [1.82, 2.24) is 30.0 Å². The number of amides is 2. The molecule has 0 bridgehead atoms. The standard InChI is InChI=1S/C27H24ClN7O2/c1-16-23(12-30-33-16)31-27-29-11-22(28)25(32-27)18-6-7-20-14-35(26(37)21(20)10-18)15-24(36)34-9-8-17-4-2-3-5-19(17)13-34/h2-7,10-12H,8-9,13-15H2,1H3,(H,30,33)(H,29,31,32). The third kappa shape index (κ3) is 4.42. The Kier molecular flexibility index (Phi) is 5.84. The van der Waals surface area contributed by atoms with Crippen molar-refractivity contribution in [3.63, 3.8) is 0 Å². The fourth-order valence-corrected chi connectivity index (χ4v) is 5.04. The lowest BCUT2D eigenvalue weighted by Crippen LogP contribution is -2.42. The van der Waals surface area contributed by atoms with Gasteiger partial charge in [-0.1, -0.05) is 48.0 Å². The summed E-state index contributed by atoms with van der Waals surface area (Å²) in [5, 5.41) is 10.3. The summed E-state index contributed by atoms with van der Waals surface area (Å²) in [5.41, 5.74) is 6.71. The molecule has 2 aromatic heterocycles. The SMILES string of the molecule is Cc1[nH]ncc1Nc1ncc(Cl)c(-c2ccc3c(c2)C(=O)N(CC(=O)N2CCc4ccccc4C2)C3)n1. The minimum absolute atomic E-state index is 0.0417. The van der Waals surface area contributed by atoms with Gasteiger partial charge in [0.25, 0.3) is 5.91 Å². The number of hydrogen-bond donors (Lipinski definition) is 2. The molecule has 0 spiro atoms. The molecule has 4 aromatic rings. The number of nitrogens with one attached hydrogen (secondary N) is 2. The Balaban J connectivity index is 1.19. The zero-order chi connectivity index (χ0) is 25.5. The maximum Gasteiger partial charge on any atom is 0.254 e. The Hall–Kier alpha value is -4.24. The first-order chi connectivity index (χ1) is 18.0. The van der Waals surface area contributed by atoms with Crippen LogP contribution in [-0.4, -0.2) is 54.9 Å². The molecule has 9 nitrogen and oxygen atoms in total. The molecule has 0 unspecified atom stereocenters. The van der Waals surface area contributed by atoms with Crippen LogP contribution in [0.3, 0.4) is 0 Å². The topological polar surface area (TPSA) is 107 Å². The number of H-pyrrole nitrogens is 1. The number of rotatable bonds is 5. The molecule has 2 aliphatic rings. The van der Waals surface area contributed by atoms with E-state index >= 15 is 0 Å². The average Bonchev–Trinajstić information content (AvgIpc) is 3.46. The number of aromatic amines is 1. The first-order valence-corrected chi connectivity index (χ1v) is 12.4. The van der Waals surface area contributed by atoms with Gasteiger partial charge in [0.1, 0.15) is 6.54 Å². The van der Waals surface area contributed by atoms with Gasteiger partial charge in [-0.05, 0) is 36.1 Å². The van der Waals surface area contributed by atoms with Gasteiger partial charge in [0, 0.05) is 30.8 Å². The highest BCUT2D eigenvalue weighted by atomic mass is 35.5. The molecular formula is C27H24ClN7O2. The number of fused-ring (bicyclic) bond motifs is 2. The van der Waals surface area contributed by atoms with E-state index in [4.69, 9.17) is 11.6 Å². The zero-order valence-electron chi connectivity index (χ0n) is 20.2. The summed E-state index contributed by atoms with van der Waals surface area (Å²) in [4.78, 5) is 38.6. The third-order valence-electron chi connectivity index (χ3n) is 6.89. The molecule has 2 amide bonds. The monoisotopic (exact) mass is 513 g/mol. The largest absolute Gasteiger partial charge is 0.336 e. The van der Waals surface area contributed by atoms with Crippen LogP contribution >= 0.6 is 11.6 Å². The predicted octanol–water partition coefficient (Wildman–Crippen LogP) is 4.11. The van der Waals surface area contributed by atoms with E-state index in [9.17, 15) is 9.59 Å². The van der Waals surface area contributed by atoms with Crippen molar-refractivity contribution in [2.24, 2.45) is 0 Å². The number of benzene rings is 2. The minimum Gasteiger partial charge on any atom is -0.336 e. The van der Waals surface area contributed by atoms with Crippen molar-refractivity contribution < 1.29 is 9.59 Å². The summed E-state index contributed by atoms with van der Waals surface area (Å²) >= 11 is 6.43. The van der Waals surface area contributed by atoms with Gasteiger partial charge in [-0.2, -0.15) is 5.10 Å². The van der Waals surface area contributed by atoms with E-state index < -0.39 is 0 Å². The number of carbonyl (C=O) groups excluding carboxylic acids is 2. The molecule has 0 atom stereocenters. The highest BCUT2D eigenvalue weighted by Gasteiger charge is 2.31. The van der Waals surface area contributed by atoms with E-state index in [0.717, 1.165) is 23.4 Å². The molecule has 4 heterocycles. The lowest BCUT2D eigenvalue weighted by Gasteiger charge is -2.30. The first-order valence-electron chi connectivity index (χ1n) is 12.0. The van der Waals surface area contributed by atoms with Crippen LogP contribution in [0.2, 0.25) is 5.02 Å². The summed E-state index contributed by atoms with van der Waals surface area (Å²) in [7, 11) is 0. The Bertz CT molecular complexity index is 1530. The van der Waals surface area contributed by atoms with Crippen LogP contribution in [0.15, 0.2) is 54.9 Å². The van der Waals surface area contributed by atoms with Crippen molar-refractivity contribution >= 4 is 35.1 Å². The van der Waals surface area contributed by atoms with Crippen molar-refractivity contribution in [2.45, 2.75) is 26.4 Å². The van der Waals surface area contributed by atoms with Gasteiger partial charge in [-0.25, -0.2) is 9.97 Å². The highest BCUT2D eigenvalue weighted by molar-refractivity contribution is 6.33. The Morgan fingerprint density at radius 2 is 1.95 bits per heavy atom. The summed E-state index contributed by atoms with van der Waals surface area (Å²) in [6.45, 7) is 3.58. The highest BCUT2D eigenvalue weighted by Crippen LogP contribution is 2.32. The predicted molar refractivity (Wildman–Crippen MR) is 139 cm³/mol. The van der Waals surface area contributed by atoms with Crippen LogP contribution in [0.5, 0.6) is 0 Å². The Morgan fingerprint density at radius 3 is 2.76 bits per heavy atom. The first kappa shape index (κ1) is 23.2. The second kappa shape index (κ2) is 9.33. The maximum atomic E-state index is 13.3. The quantitative estimate of drug-likeness (QED) is 0.416. The molecule has 6 rings (SSSR count). The van der Waals surface area contributed by atoms with Gasteiger partial charge in [0.15, 0.2) is 0 Å². The third-order valence-corrected chi connectivity index (χ3v) is 7.17. The van der Waals surface area contributed by atoms with Gasteiger partial charge in [-0.15, -0.1) is 0 Å². The van der Waals surface area contributed by atoms with Crippen LogP contribution in [0.1, 0.15) is 32.7 Å². The molecule has 0 radical (unpaired) electrons. The van der Waals surface area contributed by atoms with Crippen molar-refractivity contribution in [3.05, 3.63) is 87.8 Å². The Labute approximate surface area is 218 Å². The van der Waals surface area contributed by atoms with E-state index in [2.05, 4.69) is 37.6 Å². The molecule has 0 saturated heterocycles. The lowest BCUT2D eigenvalue weighted by atomic mass is 10.00. The maximum absolute atomic E-state index is 13.3. The molecule has 2 N–H and O–H groups in total. The number of hydrogen-bond acceptors (Lipinski definition) is 6. The summed E-state index contributed by atoms with van der Waals surface area (Å²) < 4.78 is 0. The van der Waals surface area contributed by atoms with Crippen molar-refractivity contribution in [1.29, 1.82) is 0 Å². The van der Waals surface area contributed by atoms with E-state index in [1.54, 1.807) is 17.2 Å². The Morgan fingerprint density at radius 1 is 1.11 bits per heavy atom. The number of carbonyl (C=O) groups is 2. The fourth-order valence-electron chi connectivity index (χ4n) is 4.84. The van der Waals surface area contributed by atoms with Crippen LogP contribution in [-0.2, 0) is 24.3 Å². The average molecular weight is 514 g/mol. The molecule has 0 fully saturated rings. The number of anilines is 2. The number of halogens is 1. The van der Waals surface area contributed by atoms with E-state index in [-0.39, 0.29) is 18.4 Å². The summed E-state index contributed by atoms with van der Waals surface area (Å²) in [6, 6.07) is 13.8. The zero-order valence-corrected chi connectivity index (χ0v) is 20.9. The fraction of sp³-hybridized carbons (Fsp3) is 0.222. The second-order valence-corrected chi connectivity index (χ2v) is 9.70. The van der Waals surface area contributed by atoms with Crippen LogP contribution in [0.25, 0.3) is 11.3 Å². The minimum atomic E-state index is -0.167. The molecular weight excluding hydrogens is 490 g/mol. The van der Waals surface area contributed by atoms with Crippen LogP contribution in [0.4, 0.5) is 11.6 Å². The van der Waals surface area contributed by atoms with E-state index in [1.165, 1.54) is 17.3 Å². The van der Waals surface area contributed by atoms with Gasteiger partial charge in [-0.3, -0.25) is 14.7 Å². The molecule has 37 heavy (non-hydrogen) atoms. The normalized spacial score (nSPS) is 14.5. The van der Waals surface area contributed by atoms with Gasteiger partial charge in [0.05, 0.1) is 34.5 Å². The molecule has 186 valence electrons. The number of nitrogens with zero attached hydrogens (tertiary/aromatic N) is 5. The van der Waals surface area contributed by atoms with E-state index in [0.29, 0.717) is 47.4 Å².